The Morgan fingerprint density at radius 1 is 1.41 bits per heavy atom. The first-order chi connectivity index (χ1) is 8.16. The highest BCUT2D eigenvalue weighted by Gasteiger charge is 2.29. The van der Waals surface area contributed by atoms with Gasteiger partial charge in [-0.25, -0.2) is 0 Å². The molecule has 0 radical (unpaired) electrons. The van der Waals surface area contributed by atoms with Crippen LogP contribution in [-0.2, 0) is 16.1 Å². The fourth-order valence-corrected chi connectivity index (χ4v) is 2.29. The van der Waals surface area contributed by atoms with E-state index in [9.17, 15) is 9.59 Å². The van der Waals surface area contributed by atoms with Gasteiger partial charge in [-0.1, -0.05) is 18.2 Å². The molecule has 0 aliphatic carbocycles. The fourth-order valence-electron chi connectivity index (χ4n) is 2.29. The van der Waals surface area contributed by atoms with Crippen molar-refractivity contribution in [3.05, 3.63) is 36.0 Å². The molecular formula is C12H11N3O2. The molecule has 2 amide bonds. The van der Waals surface area contributed by atoms with E-state index < -0.39 is 11.9 Å². The molecule has 0 saturated heterocycles. The van der Waals surface area contributed by atoms with Gasteiger partial charge in [-0.15, -0.1) is 0 Å². The largest absolute Gasteiger partial charge is 0.368 e. The highest BCUT2D eigenvalue weighted by atomic mass is 16.2. The van der Waals surface area contributed by atoms with Crippen LogP contribution in [0.15, 0.2) is 30.3 Å². The van der Waals surface area contributed by atoms with E-state index in [1.54, 1.807) is 0 Å². The van der Waals surface area contributed by atoms with Crippen molar-refractivity contribution >= 4 is 22.7 Å². The lowest BCUT2D eigenvalue weighted by atomic mass is 10.1. The summed E-state index contributed by atoms with van der Waals surface area (Å²) < 4.78 is 1.84. The van der Waals surface area contributed by atoms with E-state index in [1.807, 2.05) is 34.9 Å². The second-order valence-corrected chi connectivity index (χ2v) is 4.12. The van der Waals surface area contributed by atoms with Gasteiger partial charge in [0.25, 0.3) is 0 Å². The molecule has 5 heteroatoms. The van der Waals surface area contributed by atoms with Crippen molar-refractivity contribution in [2.24, 2.45) is 5.73 Å². The topological polar surface area (TPSA) is 77.1 Å². The van der Waals surface area contributed by atoms with Crippen LogP contribution in [0.1, 0.15) is 11.7 Å². The molecule has 5 nitrogen and oxygen atoms in total. The van der Waals surface area contributed by atoms with Crippen molar-refractivity contribution in [3.63, 3.8) is 0 Å². The maximum absolute atomic E-state index is 11.5. The number of benzene rings is 1. The monoisotopic (exact) mass is 229 g/mol. The van der Waals surface area contributed by atoms with Crippen molar-refractivity contribution in [2.75, 3.05) is 0 Å². The van der Waals surface area contributed by atoms with Gasteiger partial charge >= 0.3 is 0 Å². The number of primary amides is 1. The molecule has 1 atom stereocenters. The Hall–Kier alpha value is -2.30. The predicted octanol–water partition coefficient (Wildman–Crippen LogP) is 0.297. The van der Waals surface area contributed by atoms with Crippen molar-refractivity contribution in [1.29, 1.82) is 0 Å². The zero-order chi connectivity index (χ0) is 12.0. The molecule has 0 fully saturated rings. The fraction of sp³-hybridized carbons (Fsp3) is 0.167. The molecule has 1 aromatic heterocycles. The highest BCUT2D eigenvalue weighted by molar-refractivity contribution is 5.93. The number of amides is 2. The normalized spacial score (nSPS) is 18.8. The smallest absolute Gasteiger partial charge is 0.246 e. The molecule has 2 aromatic rings. The third-order valence-corrected chi connectivity index (χ3v) is 3.03. The van der Waals surface area contributed by atoms with Crippen molar-refractivity contribution < 1.29 is 9.59 Å². The summed E-state index contributed by atoms with van der Waals surface area (Å²) in [6.07, 6.45) is 0. The third-order valence-electron chi connectivity index (χ3n) is 3.03. The van der Waals surface area contributed by atoms with Crippen LogP contribution in [0.4, 0.5) is 0 Å². The summed E-state index contributed by atoms with van der Waals surface area (Å²) in [5.74, 6) is -0.732. The summed E-state index contributed by atoms with van der Waals surface area (Å²) in [5, 5.41) is 3.60. The van der Waals surface area contributed by atoms with Gasteiger partial charge in [0, 0.05) is 5.52 Å². The molecule has 1 aliphatic rings. The van der Waals surface area contributed by atoms with E-state index in [4.69, 9.17) is 5.73 Å². The number of para-hydroxylation sites is 1. The van der Waals surface area contributed by atoms with E-state index in [2.05, 4.69) is 5.32 Å². The second-order valence-electron chi connectivity index (χ2n) is 4.12. The zero-order valence-corrected chi connectivity index (χ0v) is 9.01. The number of hydrogen-bond donors (Lipinski definition) is 2. The van der Waals surface area contributed by atoms with Gasteiger partial charge in [-0.2, -0.15) is 0 Å². The minimum Gasteiger partial charge on any atom is -0.368 e. The Kier molecular flexibility index (Phi) is 1.95. The first kappa shape index (κ1) is 9.89. The standard InChI is InChI=1S/C12H11N3O2/c13-12(17)11-9-5-7-3-1-2-4-8(7)15(9)6-10(16)14-11/h1-5,11H,6H2,(H2,13,17)(H,14,16). The maximum Gasteiger partial charge on any atom is 0.246 e. The van der Waals surface area contributed by atoms with Crippen LogP contribution in [-0.4, -0.2) is 16.4 Å². The summed E-state index contributed by atoms with van der Waals surface area (Å²) in [5.41, 5.74) is 7.00. The van der Waals surface area contributed by atoms with E-state index in [1.165, 1.54) is 0 Å². The summed E-state index contributed by atoms with van der Waals surface area (Å²) in [7, 11) is 0. The van der Waals surface area contributed by atoms with E-state index in [0.717, 1.165) is 16.6 Å². The Labute approximate surface area is 97.2 Å². The highest BCUT2D eigenvalue weighted by Crippen LogP contribution is 2.26. The molecule has 2 heterocycles. The average Bonchev–Trinajstić information content (AvgIpc) is 2.66. The first-order valence-corrected chi connectivity index (χ1v) is 5.33. The van der Waals surface area contributed by atoms with Crippen molar-refractivity contribution in [2.45, 2.75) is 12.6 Å². The van der Waals surface area contributed by atoms with E-state index in [0.29, 0.717) is 0 Å². The molecule has 1 unspecified atom stereocenters. The molecule has 1 aliphatic heterocycles. The molecule has 17 heavy (non-hydrogen) atoms. The van der Waals surface area contributed by atoms with Gasteiger partial charge in [-0.3, -0.25) is 9.59 Å². The van der Waals surface area contributed by atoms with Gasteiger partial charge in [0.15, 0.2) is 0 Å². The molecule has 1 aromatic carbocycles. The average molecular weight is 229 g/mol. The first-order valence-electron chi connectivity index (χ1n) is 5.33. The number of nitrogens with two attached hydrogens (primary N) is 1. The minimum absolute atomic E-state index is 0.192. The van der Waals surface area contributed by atoms with Crippen LogP contribution in [0.25, 0.3) is 10.9 Å². The van der Waals surface area contributed by atoms with Gasteiger partial charge in [-0.05, 0) is 17.5 Å². The van der Waals surface area contributed by atoms with Crippen LogP contribution in [0.5, 0.6) is 0 Å². The lowest BCUT2D eigenvalue weighted by Gasteiger charge is -2.23. The van der Waals surface area contributed by atoms with Crippen molar-refractivity contribution in [1.82, 2.24) is 9.88 Å². The molecule has 3 N–H and O–H groups in total. The lowest BCUT2D eigenvalue weighted by molar-refractivity contribution is -0.129. The second kappa shape index (κ2) is 3.35. The minimum atomic E-state index is -0.733. The molecule has 0 saturated carbocycles. The van der Waals surface area contributed by atoms with Crippen LogP contribution in [0, 0.1) is 0 Å². The summed E-state index contributed by atoms with van der Waals surface area (Å²) in [4.78, 5) is 22.9. The quantitative estimate of drug-likeness (QED) is 0.737. The molecule has 3 rings (SSSR count). The SMILES string of the molecule is NC(=O)C1NC(=O)Cn2c1cc1ccccc12. The van der Waals surface area contributed by atoms with Crippen LogP contribution in [0.3, 0.4) is 0 Å². The Balaban J connectivity index is 2.27. The molecular weight excluding hydrogens is 218 g/mol. The zero-order valence-electron chi connectivity index (χ0n) is 9.01. The number of rotatable bonds is 1. The maximum atomic E-state index is 11.5. The number of nitrogens with one attached hydrogen (secondary N) is 1. The van der Waals surface area contributed by atoms with E-state index >= 15 is 0 Å². The Bertz CT molecular complexity index is 630. The third kappa shape index (κ3) is 1.39. The van der Waals surface area contributed by atoms with Crippen LogP contribution < -0.4 is 11.1 Å². The van der Waals surface area contributed by atoms with Gasteiger partial charge in [0.2, 0.25) is 11.8 Å². The summed E-state index contributed by atoms with van der Waals surface area (Å²) >= 11 is 0. The van der Waals surface area contributed by atoms with Gasteiger partial charge in [0.05, 0.1) is 5.69 Å². The van der Waals surface area contributed by atoms with Crippen LogP contribution >= 0.6 is 0 Å². The van der Waals surface area contributed by atoms with Gasteiger partial charge < -0.3 is 15.6 Å². The van der Waals surface area contributed by atoms with Crippen molar-refractivity contribution in [3.8, 4) is 0 Å². The molecule has 0 bridgehead atoms. The Morgan fingerprint density at radius 2 is 2.18 bits per heavy atom. The summed E-state index contributed by atoms with van der Waals surface area (Å²) in [6.45, 7) is 0.229. The molecule has 86 valence electrons. The molecule has 0 spiro atoms. The van der Waals surface area contributed by atoms with E-state index in [-0.39, 0.29) is 12.5 Å². The number of hydrogen-bond acceptors (Lipinski definition) is 2. The Morgan fingerprint density at radius 3 is 2.94 bits per heavy atom. The number of nitrogens with zero attached hydrogens (tertiary/aromatic N) is 1. The number of fused-ring (bicyclic) bond motifs is 3. The van der Waals surface area contributed by atoms with Crippen LogP contribution in [0.2, 0.25) is 0 Å². The number of carbonyl (C=O) groups excluding carboxylic acids is 2. The number of carbonyl (C=O) groups is 2. The summed E-state index contributed by atoms with van der Waals surface area (Å²) in [6, 6.07) is 8.86. The predicted molar refractivity (Wildman–Crippen MR) is 62.0 cm³/mol. The van der Waals surface area contributed by atoms with Gasteiger partial charge in [0.1, 0.15) is 12.6 Å². The lowest BCUT2D eigenvalue weighted by Crippen LogP contribution is -2.44. The number of aromatic nitrogens is 1.